The first-order chi connectivity index (χ1) is 6.60. The molecule has 0 aromatic heterocycles. The van der Waals surface area contributed by atoms with E-state index in [1.165, 1.54) is 19.1 Å². The Hall–Kier alpha value is -1.69. The molecule has 0 atom stereocenters. The number of benzene rings is 1. The third-order valence-electron chi connectivity index (χ3n) is 2.08. The Morgan fingerprint density at radius 1 is 1.57 bits per heavy atom. The molecule has 0 unspecified atom stereocenters. The Balaban J connectivity index is 3.41. The molecular formula is C11H10FNO. The number of nitrogens with zero attached hydrogens (tertiary/aromatic N) is 1. The van der Waals surface area contributed by atoms with Crippen LogP contribution < -0.4 is 0 Å². The molecule has 0 radical (unpaired) electrons. The second kappa shape index (κ2) is 4.01. The molecule has 0 bridgehead atoms. The molecule has 0 fully saturated rings. The summed E-state index contributed by atoms with van der Waals surface area (Å²) in [6.45, 7) is 3.12. The summed E-state index contributed by atoms with van der Waals surface area (Å²) in [6, 6.07) is 4.51. The van der Waals surface area contributed by atoms with E-state index in [4.69, 9.17) is 5.26 Å². The highest BCUT2D eigenvalue weighted by Crippen LogP contribution is 2.17. The predicted molar refractivity (Wildman–Crippen MR) is 50.5 cm³/mol. The first-order valence-corrected chi connectivity index (χ1v) is 4.33. The summed E-state index contributed by atoms with van der Waals surface area (Å²) in [6.07, 6.45) is 0.451. The minimum absolute atomic E-state index is 0.233. The van der Waals surface area contributed by atoms with Gasteiger partial charge < -0.3 is 0 Å². The molecule has 0 saturated carbocycles. The third-order valence-corrected chi connectivity index (χ3v) is 2.08. The summed E-state index contributed by atoms with van der Waals surface area (Å²) in [5, 5.41) is 8.75. The van der Waals surface area contributed by atoms with Gasteiger partial charge in [-0.25, -0.2) is 4.39 Å². The van der Waals surface area contributed by atoms with Gasteiger partial charge >= 0.3 is 0 Å². The third kappa shape index (κ3) is 1.80. The molecule has 2 nitrogen and oxygen atoms in total. The van der Waals surface area contributed by atoms with Crippen molar-refractivity contribution in [3.8, 4) is 6.07 Å². The molecule has 72 valence electrons. The smallest absolute Gasteiger partial charge is 0.159 e. The van der Waals surface area contributed by atoms with E-state index < -0.39 is 5.82 Å². The number of halogens is 1. The zero-order valence-corrected chi connectivity index (χ0v) is 8.10. The van der Waals surface area contributed by atoms with Crippen LogP contribution in [0.4, 0.5) is 4.39 Å². The Morgan fingerprint density at radius 2 is 2.21 bits per heavy atom. The van der Waals surface area contributed by atoms with Crippen LogP contribution in [0, 0.1) is 17.1 Å². The first kappa shape index (κ1) is 10.4. The van der Waals surface area contributed by atoms with E-state index in [1.807, 2.05) is 6.07 Å². The molecular weight excluding hydrogens is 181 g/mol. The highest BCUT2D eigenvalue weighted by atomic mass is 19.1. The van der Waals surface area contributed by atoms with Gasteiger partial charge in [0, 0.05) is 11.1 Å². The zero-order valence-electron chi connectivity index (χ0n) is 8.10. The van der Waals surface area contributed by atoms with E-state index >= 15 is 0 Å². The van der Waals surface area contributed by atoms with E-state index in [1.54, 1.807) is 6.92 Å². The average Bonchev–Trinajstić information content (AvgIpc) is 2.16. The van der Waals surface area contributed by atoms with Crippen LogP contribution in [0.5, 0.6) is 0 Å². The van der Waals surface area contributed by atoms with Crippen molar-refractivity contribution in [2.24, 2.45) is 0 Å². The molecule has 0 heterocycles. The van der Waals surface area contributed by atoms with Crippen molar-refractivity contribution in [2.75, 3.05) is 0 Å². The fourth-order valence-corrected chi connectivity index (χ4v) is 1.30. The van der Waals surface area contributed by atoms with Crippen LogP contribution in [-0.4, -0.2) is 5.78 Å². The van der Waals surface area contributed by atoms with Crippen molar-refractivity contribution in [1.82, 2.24) is 0 Å². The summed E-state index contributed by atoms with van der Waals surface area (Å²) < 4.78 is 13.4. The van der Waals surface area contributed by atoms with Gasteiger partial charge in [0.25, 0.3) is 0 Å². The van der Waals surface area contributed by atoms with Crippen molar-refractivity contribution in [2.45, 2.75) is 20.3 Å². The van der Waals surface area contributed by atoms with Gasteiger partial charge in [0.2, 0.25) is 0 Å². The lowest BCUT2D eigenvalue weighted by Crippen LogP contribution is -2.00. The van der Waals surface area contributed by atoms with Crippen molar-refractivity contribution in [1.29, 1.82) is 5.26 Å². The maximum Gasteiger partial charge on any atom is 0.159 e. The summed E-state index contributed by atoms with van der Waals surface area (Å²) in [7, 11) is 0. The monoisotopic (exact) mass is 191 g/mol. The average molecular weight is 191 g/mol. The Morgan fingerprint density at radius 3 is 2.64 bits per heavy atom. The lowest BCUT2D eigenvalue weighted by Gasteiger charge is -2.04. The highest BCUT2D eigenvalue weighted by Gasteiger charge is 2.10. The van der Waals surface area contributed by atoms with E-state index in [0.29, 0.717) is 12.0 Å². The van der Waals surface area contributed by atoms with Gasteiger partial charge in [-0.15, -0.1) is 0 Å². The highest BCUT2D eigenvalue weighted by molar-refractivity contribution is 5.94. The Labute approximate surface area is 82.0 Å². The van der Waals surface area contributed by atoms with Crippen LogP contribution in [0.2, 0.25) is 0 Å². The van der Waals surface area contributed by atoms with Gasteiger partial charge in [0.15, 0.2) is 5.78 Å². The molecule has 0 aliphatic carbocycles. The number of hydrogen-bond acceptors (Lipinski definition) is 2. The zero-order chi connectivity index (χ0) is 10.7. The molecule has 0 aliphatic rings. The van der Waals surface area contributed by atoms with Crippen LogP contribution in [0.15, 0.2) is 12.1 Å². The maximum atomic E-state index is 13.4. The molecule has 3 heteroatoms. The molecule has 0 saturated heterocycles. The standard InChI is InChI=1S/C11H10FNO/c1-3-10-9(6-13)4-8(7(2)14)5-11(10)12/h4-5H,3H2,1-2H3. The van der Waals surface area contributed by atoms with E-state index in [-0.39, 0.29) is 16.9 Å². The fourth-order valence-electron chi connectivity index (χ4n) is 1.30. The molecule has 14 heavy (non-hydrogen) atoms. The number of carbonyl (C=O) groups excluding carboxylic acids is 1. The van der Waals surface area contributed by atoms with Crippen LogP contribution in [0.3, 0.4) is 0 Å². The summed E-state index contributed by atoms with van der Waals surface area (Å²) in [4.78, 5) is 11.0. The van der Waals surface area contributed by atoms with Crippen LogP contribution >= 0.6 is 0 Å². The number of carbonyl (C=O) groups is 1. The molecule has 1 aromatic carbocycles. The lowest BCUT2D eigenvalue weighted by molar-refractivity contribution is 0.101. The molecule has 0 aliphatic heterocycles. The van der Waals surface area contributed by atoms with Crippen LogP contribution in [0.1, 0.15) is 35.3 Å². The second-order valence-electron chi connectivity index (χ2n) is 3.01. The molecule has 1 aromatic rings. The SMILES string of the molecule is CCc1c(F)cc(C(C)=O)cc1C#N. The van der Waals surface area contributed by atoms with Crippen molar-refractivity contribution in [3.63, 3.8) is 0 Å². The second-order valence-corrected chi connectivity index (χ2v) is 3.01. The summed E-state index contributed by atoms with van der Waals surface area (Å²) in [5.74, 6) is -0.709. The summed E-state index contributed by atoms with van der Waals surface area (Å²) >= 11 is 0. The number of hydrogen-bond donors (Lipinski definition) is 0. The van der Waals surface area contributed by atoms with Gasteiger partial charge in [0.05, 0.1) is 11.6 Å². The number of ketones is 1. The van der Waals surface area contributed by atoms with Crippen LogP contribution in [0.25, 0.3) is 0 Å². The van der Waals surface area contributed by atoms with E-state index in [9.17, 15) is 9.18 Å². The van der Waals surface area contributed by atoms with Gasteiger partial charge in [-0.05, 0) is 25.5 Å². The Kier molecular flexibility index (Phi) is 2.98. The van der Waals surface area contributed by atoms with E-state index in [2.05, 4.69) is 0 Å². The fraction of sp³-hybridized carbons (Fsp3) is 0.273. The topological polar surface area (TPSA) is 40.9 Å². The van der Waals surface area contributed by atoms with Crippen molar-refractivity contribution in [3.05, 3.63) is 34.6 Å². The van der Waals surface area contributed by atoms with Gasteiger partial charge in [-0.3, -0.25) is 4.79 Å². The minimum Gasteiger partial charge on any atom is -0.295 e. The van der Waals surface area contributed by atoms with Crippen LogP contribution in [-0.2, 0) is 6.42 Å². The maximum absolute atomic E-state index is 13.4. The van der Waals surface area contributed by atoms with Gasteiger partial charge in [0.1, 0.15) is 5.82 Å². The number of Topliss-reactive ketones (excluding diaryl/α,β-unsaturated/α-hetero) is 1. The Bertz CT molecular complexity index is 418. The van der Waals surface area contributed by atoms with Gasteiger partial charge in [-0.2, -0.15) is 5.26 Å². The molecule has 0 spiro atoms. The normalized spacial score (nSPS) is 9.57. The molecule has 0 N–H and O–H groups in total. The minimum atomic E-state index is -0.475. The van der Waals surface area contributed by atoms with Crippen molar-refractivity contribution >= 4 is 5.78 Å². The molecule has 0 amide bonds. The number of nitriles is 1. The lowest BCUT2D eigenvalue weighted by atomic mass is 10.0. The summed E-state index contributed by atoms with van der Waals surface area (Å²) in [5.41, 5.74) is 0.867. The first-order valence-electron chi connectivity index (χ1n) is 4.33. The molecule has 1 rings (SSSR count). The quantitative estimate of drug-likeness (QED) is 0.674. The number of rotatable bonds is 2. The largest absolute Gasteiger partial charge is 0.295 e. The van der Waals surface area contributed by atoms with Gasteiger partial charge in [-0.1, -0.05) is 6.92 Å². The van der Waals surface area contributed by atoms with Crippen molar-refractivity contribution < 1.29 is 9.18 Å². The predicted octanol–water partition coefficient (Wildman–Crippen LogP) is 2.46. The van der Waals surface area contributed by atoms with E-state index in [0.717, 1.165) is 0 Å².